The highest BCUT2D eigenvalue weighted by molar-refractivity contribution is 7.15. The number of carbonyl (C=O) groups excluding carboxylic acids is 3. The van der Waals surface area contributed by atoms with Crippen LogP contribution in [0.5, 0.6) is 0 Å². The molecule has 154 valence electrons. The van der Waals surface area contributed by atoms with E-state index in [1.165, 1.54) is 23.5 Å². The van der Waals surface area contributed by atoms with E-state index in [4.69, 9.17) is 16.3 Å². The molecule has 30 heavy (non-hydrogen) atoms. The average molecular weight is 445 g/mol. The van der Waals surface area contributed by atoms with Gasteiger partial charge in [0, 0.05) is 23.7 Å². The lowest BCUT2D eigenvalue weighted by Crippen LogP contribution is -2.27. The molecule has 1 aromatic carbocycles. The van der Waals surface area contributed by atoms with Crippen molar-refractivity contribution >= 4 is 57.4 Å². The average Bonchev–Trinajstić information content (AvgIpc) is 3.33. The van der Waals surface area contributed by atoms with Gasteiger partial charge in [0.05, 0.1) is 16.9 Å². The number of benzene rings is 1. The van der Waals surface area contributed by atoms with Crippen molar-refractivity contribution in [1.82, 2.24) is 14.7 Å². The van der Waals surface area contributed by atoms with E-state index in [9.17, 15) is 14.4 Å². The van der Waals surface area contributed by atoms with Gasteiger partial charge in [-0.15, -0.1) is 11.3 Å². The van der Waals surface area contributed by atoms with Crippen molar-refractivity contribution in [3.63, 3.8) is 0 Å². The number of para-hydroxylation sites is 1. The second-order valence-electron chi connectivity index (χ2n) is 6.63. The van der Waals surface area contributed by atoms with Crippen molar-refractivity contribution in [2.75, 3.05) is 11.9 Å². The summed E-state index contributed by atoms with van der Waals surface area (Å²) in [6.07, 6.45) is 6.37. The first-order valence-electron chi connectivity index (χ1n) is 9.17. The molecule has 2 aromatic heterocycles. The van der Waals surface area contributed by atoms with Crippen LogP contribution >= 0.6 is 22.9 Å². The highest BCUT2D eigenvalue weighted by Crippen LogP contribution is 2.23. The quantitative estimate of drug-likeness (QED) is 0.430. The first-order valence-corrected chi connectivity index (χ1v) is 10.4. The molecule has 0 aliphatic heterocycles. The summed E-state index contributed by atoms with van der Waals surface area (Å²) in [7, 11) is 0. The van der Waals surface area contributed by atoms with Gasteiger partial charge in [-0.3, -0.25) is 14.0 Å². The third kappa shape index (κ3) is 4.69. The van der Waals surface area contributed by atoms with Gasteiger partial charge in [-0.25, -0.2) is 9.78 Å². The minimum atomic E-state index is -0.703. The van der Waals surface area contributed by atoms with Gasteiger partial charge in [-0.2, -0.15) is 0 Å². The largest absolute Gasteiger partial charge is 0.452 e. The Hall–Kier alpha value is -3.17. The molecule has 1 aliphatic carbocycles. The fraction of sp³-hybridized carbons (Fsp3) is 0.200. The molecule has 8 nitrogen and oxygen atoms in total. The molecule has 0 radical (unpaired) electrons. The van der Waals surface area contributed by atoms with E-state index in [2.05, 4.69) is 15.6 Å². The second-order valence-corrected chi connectivity index (χ2v) is 7.86. The molecule has 0 saturated heterocycles. The predicted molar refractivity (Wildman–Crippen MR) is 114 cm³/mol. The van der Waals surface area contributed by atoms with Crippen LogP contribution in [0.3, 0.4) is 0 Å². The Morgan fingerprint density at radius 3 is 2.90 bits per heavy atom. The number of imidazole rings is 1. The van der Waals surface area contributed by atoms with Crippen molar-refractivity contribution in [3.8, 4) is 0 Å². The van der Waals surface area contributed by atoms with Crippen LogP contribution in [0, 0.1) is 0 Å². The van der Waals surface area contributed by atoms with Crippen molar-refractivity contribution in [2.45, 2.75) is 18.9 Å². The Kier molecular flexibility index (Phi) is 5.82. The summed E-state index contributed by atoms with van der Waals surface area (Å²) in [6.45, 7) is -0.490. The van der Waals surface area contributed by atoms with Crippen LogP contribution in [-0.2, 0) is 14.3 Å². The Morgan fingerprint density at radius 2 is 2.10 bits per heavy atom. The number of hydrogen-bond donors (Lipinski definition) is 2. The molecule has 0 bridgehead atoms. The molecule has 1 saturated carbocycles. The number of carbonyl (C=O) groups is 3. The lowest BCUT2D eigenvalue weighted by molar-refractivity contribution is -0.142. The Labute approximate surface area is 180 Å². The number of amides is 2. The summed E-state index contributed by atoms with van der Waals surface area (Å²) < 4.78 is 6.72. The predicted octanol–water partition coefficient (Wildman–Crippen LogP) is 3.14. The van der Waals surface area contributed by atoms with E-state index < -0.39 is 18.5 Å². The van der Waals surface area contributed by atoms with Gasteiger partial charge in [0.15, 0.2) is 16.7 Å². The summed E-state index contributed by atoms with van der Waals surface area (Å²) >= 11 is 7.48. The molecular weight excluding hydrogens is 428 g/mol. The number of anilines is 1. The van der Waals surface area contributed by atoms with Gasteiger partial charge >= 0.3 is 5.97 Å². The smallest absolute Gasteiger partial charge is 0.331 e. The first-order chi connectivity index (χ1) is 14.5. The fourth-order valence-electron chi connectivity index (χ4n) is 2.72. The lowest BCUT2D eigenvalue weighted by Gasteiger charge is -2.11. The number of aromatic nitrogens is 2. The monoisotopic (exact) mass is 444 g/mol. The lowest BCUT2D eigenvalue weighted by atomic mass is 10.1. The second kappa shape index (κ2) is 8.68. The highest BCUT2D eigenvalue weighted by Gasteiger charge is 2.25. The number of rotatable bonds is 7. The maximum Gasteiger partial charge on any atom is 0.331 e. The molecule has 0 spiro atoms. The zero-order valence-electron chi connectivity index (χ0n) is 15.6. The Balaban J connectivity index is 1.32. The van der Waals surface area contributed by atoms with Crippen LogP contribution in [0.1, 0.15) is 28.9 Å². The van der Waals surface area contributed by atoms with Crippen molar-refractivity contribution < 1.29 is 19.1 Å². The van der Waals surface area contributed by atoms with E-state index in [0.717, 1.165) is 12.8 Å². The summed E-state index contributed by atoms with van der Waals surface area (Å²) in [5.41, 5.74) is 1.27. The number of hydrogen-bond acceptors (Lipinski definition) is 6. The number of halogens is 1. The summed E-state index contributed by atoms with van der Waals surface area (Å²) in [4.78, 5) is 41.3. The fourth-order valence-corrected chi connectivity index (χ4v) is 3.73. The molecule has 3 aromatic rings. The van der Waals surface area contributed by atoms with E-state index in [0.29, 0.717) is 21.9 Å². The molecular formula is C20H17ClN4O4S. The van der Waals surface area contributed by atoms with Crippen LogP contribution in [0.15, 0.2) is 41.9 Å². The van der Waals surface area contributed by atoms with Crippen LogP contribution < -0.4 is 10.6 Å². The number of ether oxygens (including phenoxy) is 1. The number of thiazole rings is 1. The maximum atomic E-state index is 12.3. The topological polar surface area (TPSA) is 102 Å². The van der Waals surface area contributed by atoms with E-state index in [1.54, 1.807) is 34.9 Å². The maximum absolute atomic E-state index is 12.3. The first kappa shape index (κ1) is 20.1. The van der Waals surface area contributed by atoms with Crippen LogP contribution in [0.25, 0.3) is 11.0 Å². The Morgan fingerprint density at radius 1 is 1.30 bits per heavy atom. The molecule has 10 heteroatoms. The zero-order valence-corrected chi connectivity index (χ0v) is 17.2. The molecule has 1 fully saturated rings. The molecule has 1 aliphatic rings. The summed E-state index contributed by atoms with van der Waals surface area (Å²) in [5.74, 6) is -1.50. The molecule has 2 N–H and O–H groups in total. The molecule has 2 heterocycles. The minimum absolute atomic E-state index is 0.202. The van der Waals surface area contributed by atoms with Gasteiger partial charge in [-0.05, 0) is 31.1 Å². The standard InChI is InChI=1S/C20H17ClN4O4S/c21-18-15(25-9-10-30-20(25)24-18)7-8-17(27)29-11-16(26)23-14-4-2-1-3-13(14)19(28)22-12-5-6-12/h1-4,7-10,12H,5-6,11H2,(H,22,28)(H,23,26)/b8-7-. The normalized spacial score (nSPS) is 13.5. The van der Waals surface area contributed by atoms with Gasteiger partial charge < -0.3 is 15.4 Å². The van der Waals surface area contributed by atoms with Crippen LogP contribution in [-0.4, -0.2) is 39.8 Å². The van der Waals surface area contributed by atoms with Gasteiger partial charge in [0.25, 0.3) is 11.8 Å². The Bertz CT molecular complexity index is 1150. The van der Waals surface area contributed by atoms with Gasteiger partial charge in [-0.1, -0.05) is 23.7 Å². The third-order valence-corrected chi connectivity index (χ3v) is 5.37. The van der Waals surface area contributed by atoms with Crippen molar-refractivity contribution in [2.24, 2.45) is 0 Å². The molecule has 0 unspecified atom stereocenters. The molecule has 4 rings (SSSR count). The third-order valence-electron chi connectivity index (χ3n) is 4.34. The van der Waals surface area contributed by atoms with E-state index >= 15 is 0 Å². The number of nitrogens with zero attached hydrogens (tertiary/aromatic N) is 2. The van der Waals surface area contributed by atoms with Crippen LogP contribution in [0.2, 0.25) is 5.15 Å². The van der Waals surface area contributed by atoms with Gasteiger partial charge in [0.1, 0.15) is 0 Å². The summed E-state index contributed by atoms with van der Waals surface area (Å²) in [5, 5.41) is 7.60. The van der Waals surface area contributed by atoms with Crippen molar-refractivity contribution in [1.29, 1.82) is 0 Å². The zero-order chi connectivity index (χ0) is 21.1. The van der Waals surface area contributed by atoms with Crippen LogP contribution in [0.4, 0.5) is 5.69 Å². The van der Waals surface area contributed by atoms with E-state index in [1.807, 2.05) is 5.38 Å². The number of esters is 1. The van der Waals surface area contributed by atoms with Crippen molar-refractivity contribution in [3.05, 3.63) is 58.3 Å². The number of fused-ring (bicyclic) bond motifs is 1. The molecule has 2 amide bonds. The van der Waals surface area contributed by atoms with Gasteiger partial charge in [0.2, 0.25) is 0 Å². The molecule has 0 atom stereocenters. The minimum Gasteiger partial charge on any atom is -0.452 e. The highest BCUT2D eigenvalue weighted by atomic mass is 35.5. The summed E-state index contributed by atoms with van der Waals surface area (Å²) in [6, 6.07) is 6.87. The van der Waals surface area contributed by atoms with E-state index in [-0.39, 0.29) is 17.1 Å². The number of nitrogens with one attached hydrogen (secondary N) is 2. The SMILES string of the molecule is O=C(COC(=O)/C=C\c1c(Cl)nc2sccn12)Nc1ccccc1C(=O)NC1CC1.